The first-order chi connectivity index (χ1) is 21.4. The van der Waals surface area contributed by atoms with Crippen molar-refractivity contribution in [1.29, 1.82) is 0 Å². The Morgan fingerprint density at radius 2 is 1.91 bits per heavy atom. The highest BCUT2D eigenvalue weighted by atomic mass is 31.2. The average Bonchev–Trinajstić information content (AvgIpc) is 3.76. The SMILES string of the molecule is NC(=O)c1cccc2c1nnn2[C@@H]1O/C2=C/OP(=O)(O)O[C@H]3C[C@H](n4cnc5c(N)ncnc54)O[C@@H]3COP(=O)(O)O[C@@H]1[C@@H]2F. The van der Waals surface area contributed by atoms with Gasteiger partial charge in [0.15, 0.2) is 29.5 Å². The van der Waals surface area contributed by atoms with Gasteiger partial charge in [0.05, 0.1) is 24.0 Å². The van der Waals surface area contributed by atoms with E-state index in [1.165, 1.54) is 35.4 Å². The highest BCUT2D eigenvalue weighted by Gasteiger charge is 2.51. The molecule has 0 aliphatic carbocycles. The molecule has 3 aromatic heterocycles. The average molecular weight is 669 g/mol. The van der Waals surface area contributed by atoms with Gasteiger partial charge in [-0.05, 0) is 12.1 Å². The van der Waals surface area contributed by atoms with E-state index < -0.39 is 70.9 Å². The lowest BCUT2D eigenvalue weighted by atomic mass is 10.1. The third-order valence-electron chi connectivity index (χ3n) is 7.21. The first-order valence-corrected chi connectivity index (χ1v) is 16.0. The fourth-order valence-electron chi connectivity index (χ4n) is 5.19. The largest absolute Gasteiger partial charge is 0.527 e. The number of nitrogens with two attached hydrogens (primary N) is 2. The number of imidazole rings is 1. The van der Waals surface area contributed by atoms with E-state index >= 15 is 4.39 Å². The first kappa shape index (κ1) is 29.6. The summed E-state index contributed by atoms with van der Waals surface area (Å²) in [6.45, 7) is -0.720. The van der Waals surface area contributed by atoms with Crippen LogP contribution in [0.5, 0.6) is 0 Å². The molecule has 3 aliphatic rings. The number of carbonyl (C=O) groups is 1. The number of benzene rings is 1. The van der Waals surface area contributed by atoms with Crippen molar-refractivity contribution in [1.82, 2.24) is 34.5 Å². The van der Waals surface area contributed by atoms with Crippen molar-refractivity contribution in [3.8, 4) is 0 Å². The molecule has 1 aromatic carbocycles. The van der Waals surface area contributed by atoms with Gasteiger partial charge in [-0.2, -0.15) is 0 Å². The minimum atomic E-state index is -5.11. The lowest BCUT2D eigenvalue weighted by Crippen LogP contribution is -2.31. The molecule has 23 heteroatoms. The molecule has 2 bridgehead atoms. The third kappa shape index (κ3) is 5.32. The summed E-state index contributed by atoms with van der Waals surface area (Å²) in [5, 5.41) is 7.78. The van der Waals surface area contributed by atoms with Crippen molar-refractivity contribution in [3.63, 3.8) is 0 Å². The molecule has 8 atom stereocenters. The van der Waals surface area contributed by atoms with E-state index in [0.29, 0.717) is 6.26 Å². The number of hydrogen-bond donors (Lipinski definition) is 4. The predicted octanol–water partition coefficient (Wildman–Crippen LogP) is 0.966. The molecule has 6 N–H and O–H groups in total. The summed E-state index contributed by atoms with van der Waals surface area (Å²) >= 11 is 0. The predicted molar refractivity (Wildman–Crippen MR) is 144 cm³/mol. The van der Waals surface area contributed by atoms with Crippen LogP contribution in [0.1, 0.15) is 29.2 Å². The quantitative estimate of drug-likeness (QED) is 0.221. The van der Waals surface area contributed by atoms with Crippen molar-refractivity contribution in [3.05, 3.63) is 48.4 Å². The Labute approximate surface area is 249 Å². The number of fused-ring (bicyclic) bond motifs is 5. The number of aromatic nitrogens is 7. The number of carbonyl (C=O) groups excluding carboxylic acids is 1. The zero-order chi connectivity index (χ0) is 31.7. The van der Waals surface area contributed by atoms with E-state index in [1.54, 1.807) is 0 Å². The Morgan fingerprint density at radius 3 is 2.71 bits per heavy atom. The maximum absolute atomic E-state index is 15.7. The Balaban J connectivity index is 1.20. The van der Waals surface area contributed by atoms with Crippen LogP contribution >= 0.6 is 15.6 Å². The van der Waals surface area contributed by atoms with E-state index in [4.69, 9.17) is 39.0 Å². The summed E-state index contributed by atoms with van der Waals surface area (Å²) in [5.74, 6) is -1.43. The van der Waals surface area contributed by atoms with E-state index in [-0.39, 0.29) is 40.0 Å². The van der Waals surface area contributed by atoms with Crippen LogP contribution in [0, 0.1) is 0 Å². The molecular weight excluding hydrogens is 647 g/mol. The summed E-state index contributed by atoms with van der Waals surface area (Å²) in [6.07, 6.45) is -6.39. The van der Waals surface area contributed by atoms with Crippen LogP contribution in [-0.4, -0.2) is 81.3 Å². The molecule has 4 aromatic rings. The van der Waals surface area contributed by atoms with E-state index in [1.807, 2.05) is 0 Å². The van der Waals surface area contributed by atoms with Crippen LogP contribution in [0.2, 0.25) is 0 Å². The van der Waals surface area contributed by atoms with Crippen LogP contribution < -0.4 is 11.5 Å². The highest BCUT2D eigenvalue weighted by molar-refractivity contribution is 7.47. The van der Waals surface area contributed by atoms with Gasteiger partial charge in [-0.1, -0.05) is 11.3 Å². The maximum atomic E-state index is 15.7. The van der Waals surface area contributed by atoms with Gasteiger partial charge < -0.3 is 30.4 Å². The number of phosphoric ester groups is 2. The van der Waals surface area contributed by atoms with Crippen molar-refractivity contribution >= 4 is 49.6 Å². The summed E-state index contributed by atoms with van der Waals surface area (Å²) in [7, 11) is -10.1. The second-order valence-electron chi connectivity index (χ2n) is 10.0. The molecular formula is C22H22FN9O11P2. The Kier molecular flexibility index (Phi) is 7.10. The molecule has 20 nitrogen and oxygen atoms in total. The molecule has 238 valence electrons. The monoisotopic (exact) mass is 669 g/mol. The number of nitrogens with zero attached hydrogens (tertiary/aromatic N) is 7. The molecule has 2 fully saturated rings. The Bertz CT molecular complexity index is 1960. The maximum Gasteiger partial charge on any atom is 0.527 e. The minimum absolute atomic E-state index is 0.00851. The smallest absolute Gasteiger partial charge is 0.464 e. The number of primary amides is 1. The van der Waals surface area contributed by atoms with Gasteiger partial charge in [-0.3, -0.25) is 27.8 Å². The van der Waals surface area contributed by atoms with Gasteiger partial charge >= 0.3 is 15.6 Å². The minimum Gasteiger partial charge on any atom is -0.464 e. The summed E-state index contributed by atoms with van der Waals surface area (Å²) < 4.78 is 76.4. The first-order valence-electron chi connectivity index (χ1n) is 13.0. The fourth-order valence-corrected chi connectivity index (χ4v) is 6.96. The van der Waals surface area contributed by atoms with Crippen LogP contribution in [-0.2, 0) is 36.7 Å². The molecule has 45 heavy (non-hydrogen) atoms. The zero-order valence-corrected chi connectivity index (χ0v) is 24.3. The second kappa shape index (κ2) is 10.8. The highest BCUT2D eigenvalue weighted by Crippen LogP contribution is 2.54. The Morgan fingerprint density at radius 1 is 1.09 bits per heavy atom. The number of rotatable bonds is 3. The van der Waals surface area contributed by atoms with E-state index in [9.17, 15) is 23.7 Å². The number of amides is 1. The van der Waals surface area contributed by atoms with E-state index in [0.717, 1.165) is 4.68 Å². The number of nitrogen functional groups attached to an aromatic ring is 1. The summed E-state index contributed by atoms with van der Waals surface area (Å²) in [6, 6.07) is 4.29. The van der Waals surface area contributed by atoms with Crippen molar-refractivity contribution in [2.24, 2.45) is 5.73 Å². The van der Waals surface area contributed by atoms with Gasteiger partial charge in [0.2, 0.25) is 6.23 Å². The standard InChI is InChI=1S/C22H22FN9O11P2/c23-15-13-6-39-44(34,35)42-11-4-14(31-8-28-17-19(24)26-7-27-21(17)31)40-12(11)5-38-45(36,37)43-18(15)22(41-13)32-10-3-1-2-9(20(25)33)16(10)29-30-32/h1-3,6-8,11-12,14-15,18,22H,4-5H2,(H2,25,33)(H,34,35)(H,36,37)(H2,24,26,27)/b13-6+/t11-,12+,14+,15+,18+,22+/m0/s1. The molecule has 7 rings (SSSR count). The molecule has 1 amide bonds. The number of hydrogen-bond acceptors (Lipinski definition) is 15. The summed E-state index contributed by atoms with van der Waals surface area (Å²) in [4.78, 5) is 45.2. The van der Waals surface area contributed by atoms with Gasteiger partial charge in [0, 0.05) is 6.42 Å². The van der Waals surface area contributed by atoms with Crippen LogP contribution in [0.4, 0.5) is 10.2 Å². The molecule has 0 saturated carbocycles. The third-order valence-corrected chi connectivity index (χ3v) is 9.11. The fraction of sp³-hybridized carbons (Fsp3) is 0.364. The number of anilines is 1. The van der Waals surface area contributed by atoms with Crippen molar-refractivity contribution in [2.75, 3.05) is 12.3 Å². The zero-order valence-electron chi connectivity index (χ0n) is 22.5. The number of phosphoric acid groups is 2. The van der Waals surface area contributed by atoms with Gasteiger partial charge in [0.25, 0.3) is 5.91 Å². The molecule has 0 spiro atoms. The van der Waals surface area contributed by atoms with Gasteiger partial charge in [0.1, 0.15) is 42.1 Å². The molecule has 3 aliphatic heterocycles. The molecule has 2 saturated heterocycles. The molecule has 0 radical (unpaired) electrons. The van der Waals surface area contributed by atoms with Gasteiger partial charge in [-0.25, -0.2) is 33.2 Å². The van der Waals surface area contributed by atoms with Crippen molar-refractivity contribution < 1.29 is 55.7 Å². The number of alkyl halides is 1. The molecule has 2 unspecified atom stereocenters. The van der Waals surface area contributed by atoms with E-state index in [2.05, 4.69) is 25.3 Å². The van der Waals surface area contributed by atoms with Crippen LogP contribution in [0.15, 0.2) is 42.9 Å². The lowest BCUT2D eigenvalue weighted by molar-refractivity contribution is -0.0531. The number of ether oxygens (including phenoxy) is 2. The van der Waals surface area contributed by atoms with Crippen molar-refractivity contribution in [2.45, 2.75) is 43.4 Å². The number of halogens is 1. The van der Waals surface area contributed by atoms with Crippen LogP contribution in [0.25, 0.3) is 22.2 Å². The molecule has 6 heterocycles. The lowest BCUT2D eigenvalue weighted by Gasteiger charge is -2.24. The Hall–Kier alpha value is -4.07. The summed E-state index contributed by atoms with van der Waals surface area (Å²) in [5.41, 5.74) is 11.9. The normalized spacial score (nSPS) is 35.0. The van der Waals surface area contributed by atoms with Crippen LogP contribution in [0.3, 0.4) is 0 Å². The topological polar surface area (TPSA) is 273 Å². The van der Waals surface area contributed by atoms with Gasteiger partial charge in [-0.15, -0.1) is 5.10 Å². The second-order valence-corrected chi connectivity index (χ2v) is 12.8.